The van der Waals surface area contributed by atoms with Crippen LogP contribution in [0.15, 0.2) is 0 Å². The zero-order chi connectivity index (χ0) is 12.6. The number of rotatable bonds is 3. The molecule has 5 nitrogen and oxygen atoms in total. The summed E-state index contributed by atoms with van der Waals surface area (Å²) in [5.74, 6) is -0.579. The van der Waals surface area contributed by atoms with Gasteiger partial charge in [-0.05, 0) is 24.9 Å². The van der Waals surface area contributed by atoms with Gasteiger partial charge in [0.1, 0.15) is 0 Å². The van der Waals surface area contributed by atoms with Gasteiger partial charge >= 0.3 is 5.97 Å². The number of hydrogen-bond donors (Lipinski definition) is 2. The van der Waals surface area contributed by atoms with Gasteiger partial charge in [0, 0.05) is 19.0 Å². The van der Waals surface area contributed by atoms with Crippen LogP contribution in [0.5, 0.6) is 0 Å². The lowest BCUT2D eigenvalue weighted by Crippen LogP contribution is -2.50. The van der Waals surface area contributed by atoms with Gasteiger partial charge in [0.15, 0.2) is 0 Å². The third-order valence-corrected chi connectivity index (χ3v) is 4.15. The van der Waals surface area contributed by atoms with Crippen molar-refractivity contribution in [2.75, 3.05) is 26.2 Å². The van der Waals surface area contributed by atoms with Crippen LogP contribution in [-0.4, -0.2) is 48.1 Å². The first-order valence-corrected chi connectivity index (χ1v) is 6.23. The van der Waals surface area contributed by atoms with E-state index in [0.29, 0.717) is 19.0 Å². The lowest BCUT2D eigenvalue weighted by Gasteiger charge is -2.33. The number of carboxylic acids is 1. The van der Waals surface area contributed by atoms with Crippen LogP contribution in [0.25, 0.3) is 0 Å². The van der Waals surface area contributed by atoms with E-state index < -0.39 is 11.9 Å². The summed E-state index contributed by atoms with van der Waals surface area (Å²) >= 11 is 0. The molecule has 2 aliphatic heterocycles. The molecule has 0 saturated carbocycles. The summed E-state index contributed by atoms with van der Waals surface area (Å²) in [5, 5.41) is 12.2. The maximum absolute atomic E-state index is 12.2. The quantitative estimate of drug-likeness (QED) is 0.729. The molecular formula is C12H20N2O3. The van der Waals surface area contributed by atoms with Gasteiger partial charge in [-0.25, -0.2) is 0 Å². The van der Waals surface area contributed by atoms with Crippen LogP contribution in [0.3, 0.4) is 0 Å². The van der Waals surface area contributed by atoms with E-state index in [2.05, 4.69) is 5.32 Å². The summed E-state index contributed by atoms with van der Waals surface area (Å²) in [6.07, 6.45) is 0. The van der Waals surface area contributed by atoms with E-state index in [1.807, 2.05) is 13.8 Å². The Morgan fingerprint density at radius 1 is 1.35 bits per heavy atom. The fourth-order valence-corrected chi connectivity index (χ4v) is 2.62. The number of carboxylic acid groups (broad SMARTS) is 1. The molecule has 2 fully saturated rings. The molecule has 2 aliphatic rings. The highest BCUT2D eigenvalue weighted by Gasteiger charge is 2.40. The fourth-order valence-electron chi connectivity index (χ4n) is 2.62. The molecular weight excluding hydrogens is 220 g/mol. The monoisotopic (exact) mass is 240 g/mol. The third-order valence-electron chi connectivity index (χ3n) is 4.15. The van der Waals surface area contributed by atoms with Gasteiger partial charge in [-0.2, -0.15) is 0 Å². The smallest absolute Gasteiger partial charge is 0.308 e. The molecule has 17 heavy (non-hydrogen) atoms. The Hall–Kier alpha value is -1.10. The number of carbonyl (C=O) groups excluding carboxylic acids is 1. The van der Waals surface area contributed by atoms with Gasteiger partial charge in [-0.15, -0.1) is 0 Å². The number of aliphatic carboxylic acids is 1. The fraction of sp³-hybridized carbons (Fsp3) is 0.833. The molecule has 0 bridgehead atoms. The highest BCUT2D eigenvalue weighted by molar-refractivity contribution is 5.81. The van der Waals surface area contributed by atoms with Gasteiger partial charge in [-0.1, -0.05) is 13.8 Å². The molecule has 0 spiro atoms. The highest BCUT2D eigenvalue weighted by atomic mass is 16.4. The molecule has 2 rings (SSSR count). The summed E-state index contributed by atoms with van der Waals surface area (Å²) in [6, 6.07) is 0. The summed E-state index contributed by atoms with van der Waals surface area (Å²) in [6.45, 7) is 6.62. The van der Waals surface area contributed by atoms with E-state index in [4.69, 9.17) is 5.11 Å². The summed E-state index contributed by atoms with van der Waals surface area (Å²) in [4.78, 5) is 24.9. The molecule has 2 saturated heterocycles. The topological polar surface area (TPSA) is 69.6 Å². The Morgan fingerprint density at radius 2 is 2.00 bits per heavy atom. The third kappa shape index (κ3) is 2.29. The minimum absolute atomic E-state index is 0.0102. The average Bonchev–Trinajstić information content (AvgIpc) is 2.56. The molecule has 96 valence electrons. The second-order valence-corrected chi connectivity index (χ2v) is 5.37. The number of hydrogen-bond acceptors (Lipinski definition) is 3. The van der Waals surface area contributed by atoms with E-state index in [1.54, 1.807) is 4.90 Å². The largest absolute Gasteiger partial charge is 0.481 e. The lowest BCUT2D eigenvalue weighted by atomic mass is 9.88. The van der Waals surface area contributed by atoms with E-state index in [0.717, 1.165) is 13.1 Å². The van der Waals surface area contributed by atoms with Crippen LogP contribution in [0.1, 0.15) is 13.8 Å². The summed E-state index contributed by atoms with van der Waals surface area (Å²) in [5.41, 5.74) is 0. The van der Waals surface area contributed by atoms with Crippen molar-refractivity contribution >= 4 is 11.9 Å². The Morgan fingerprint density at radius 3 is 2.41 bits per heavy atom. The second kappa shape index (κ2) is 4.64. The number of nitrogens with one attached hydrogen (secondary N) is 1. The SMILES string of the molecule is CC(C(=O)N1C[C@@H](C)[C@H](C(=O)O)C1)C1CNC1. The molecule has 1 amide bonds. The van der Waals surface area contributed by atoms with Crippen LogP contribution in [-0.2, 0) is 9.59 Å². The van der Waals surface area contributed by atoms with Crippen molar-refractivity contribution in [2.45, 2.75) is 13.8 Å². The molecule has 0 aromatic heterocycles. The van der Waals surface area contributed by atoms with Gasteiger partial charge in [0.05, 0.1) is 5.92 Å². The predicted octanol–water partition coefficient (Wildman–Crippen LogP) is 0.0210. The number of carbonyl (C=O) groups is 2. The maximum Gasteiger partial charge on any atom is 0.308 e. The normalized spacial score (nSPS) is 31.1. The van der Waals surface area contributed by atoms with Crippen LogP contribution in [0, 0.1) is 23.7 Å². The average molecular weight is 240 g/mol. The Balaban J connectivity index is 1.94. The summed E-state index contributed by atoms with van der Waals surface area (Å²) in [7, 11) is 0. The Bertz CT molecular complexity index is 328. The molecule has 2 N–H and O–H groups in total. The summed E-state index contributed by atoms with van der Waals surface area (Å²) < 4.78 is 0. The van der Waals surface area contributed by atoms with Gasteiger partial charge in [0.25, 0.3) is 0 Å². The minimum Gasteiger partial charge on any atom is -0.481 e. The van der Waals surface area contributed by atoms with Crippen LogP contribution in [0.4, 0.5) is 0 Å². The molecule has 3 atom stereocenters. The number of likely N-dealkylation sites (tertiary alicyclic amines) is 1. The molecule has 1 unspecified atom stereocenters. The zero-order valence-electron chi connectivity index (χ0n) is 10.3. The molecule has 0 aromatic carbocycles. The number of nitrogens with zero attached hydrogens (tertiary/aromatic N) is 1. The van der Waals surface area contributed by atoms with Gasteiger partial charge in [-0.3, -0.25) is 9.59 Å². The Labute approximate surface area is 101 Å². The Kier molecular flexibility index (Phi) is 3.38. The van der Waals surface area contributed by atoms with E-state index in [-0.39, 0.29) is 17.7 Å². The van der Waals surface area contributed by atoms with Crippen molar-refractivity contribution in [3.8, 4) is 0 Å². The van der Waals surface area contributed by atoms with Crippen molar-refractivity contribution < 1.29 is 14.7 Å². The van der Waals surface area contributed by atoms with Gasteiger partial charge in [0.2, 0.25) is 5.91 Å². The molecule has 0 aliphatic carbocycles. The molecule has 0 aromatic rings. The van der Waals surface area contributed by atoms with Gasteiger partial charge < -0.3 is 15.3 Å². The van der Waals surface area contributed by atoms with E-state index in [1.165, 1.54) is 0 Å². The van der Waals surface area contributed by atoms with Crippen LogP contribution < -0.4 is 5.32 Å². The van der Waals surface area contributed by atoms with Crippen molar-refractivity contribution in [2.24, 2.45) is 23.7 Å². The zero-order valence-corrected chi connectivity index (χ0v) is 10.3. The first-order valence-electron chi connectivity index (χ1n) is 6.23. The van der Waals surface area contributed by atoms with Crippen molar-refractivity contribution in [3.63, 3.8) is 0 Å². The predicted molar refractivity (Wildman–Crippen MR) is 62.4 cm³/mol. The minimum atomic E-state index is -0.786. The van der Waals surface area contributed by atoms with E-state index in [9.17, 15) is 9.59 Å². The van der Waals surface area contributed by atoms with Crippen LogP contribution >= 0.6 is 0 Å². The second-order valence-electron chi connectivity index (χ2n) is 5.37. The van der Waals surface area contributed by atoms with Crippen LogP contribution in [0.2, 0.25) is 0 Å². The molecule has 2 heterocycles. The maximum atomic E-state index is 12.2. The first-order chi connectivity index (χ1) is 8.00. The molecule has 0 radical (unpaired) electrons. The molecule has 5 heteroatoms. The number of amides is 1. The van der Waals surface area contributed by atoms with Crippen molar-refractivity contribution in [1.29, 1.82) is 0 Å². The standard InChI is InChI=1S/C12H20N2O3/c1-7-5-14(6-10(7)12(16)17)11(15)8(2)9-3-13-4-9/h7-10,13H,3-6H2,1-2H3,(H,16,17)/t7-,8?,10-/m1/s1. The van der Waals surface area contributed by atoms with Crippen molar-refractivity contribution in [3.05, 3.63) is 0 Å². The van der Waals surface area contributed by atoms with Crippen molar-refractivity contribution in [1.82, 2.24) is 10.2 Å². The highest BCUT2D eigenvalue weighted by Crippen LogP contribution is 2.27. The lowest BCUT2D eigenvalue weighted by molar-refractivity contribution is -0.142. The van der Waals surface area contributed by atoms with E-state index >= 15 is 0 Å². The first kappa shape index (κ1) is 12.4.